The van der Waals surface area contributed by atoms with E-state index in [0.29, 0.717) is 17.0 Å². The Morgan fingerprint density at radius 2 is 1.60 bits per heavy atom. The maximum atomic E-state index is 14.4. The van der Waals surface area contributed by atoms with Crippen LogP contribution in [0.1, 0.15) is 89.9 Å². The predicted molar refractivity (Wildman–Crippen MR) is 173 cm³/mol. The summed E-state index contributed by atoms with van der Waals surface area (Å²) in [6.07, 6.45) is 8.38. The number of hydrogen-bond donors (Lipinski definition) is 1. The number of benzene rings is 3. The number of carbonyl (C=O) groups is 1. The molecule has 2 atom stereocenters. The number of amides is 1. The van der Waals surface area contributed by atoms with E-state index in [4.69, 9.17) is 0 Å². The van der Waals surface area contributed by atoms with Crippen molar-refractivity contribution in [1.29, 1.82) is 0 Å². The normalized spacial score (nSPS) is 20.8. The van der Waals surface area contributed by atoms with Gasteiger partial charge in [-0.3, -0.25) is 14.0 Å². The molecule has 2 heterocycles. The van der Waals surface area contributed by atoms with Crippen LogP contribution in [0.2, 0.25) is 0 Å². The van der Waals surface area contributed by atoms with Gasteiger partial charge in [0.2, 0.25) is 5.91 Å². The fourth-order valence-corrected chi connectivity index (χ4v) is 9.85. The van der Waals surface area contributed by atoms with Crippen molar-refractivity contribution >= 4 is 21.6 Å². The zero-order valence-corrected chi connectivity index (χ0v) is 26.7. The van der Waals surface area contributed by atoms with Crippen LogP contribution in [0.15, 0.2) is 59.5 Å². The third kappa shape index (κ3) is 6.25. The van der Waals surface area contributed by atoms with Crippen molar-refractivity contribution < 1.29 is 13.2 Å². The van der Waals surface area contributed by atoms with Gasteiger partial charge in [0.05, 0.1) is 22.7 Å². The van der Waals surface area contributed by atoms with Crippen LogP contribution in [-0.2, 0) is 34.2 Å². The average molecular weight is 600 g/mol. The second-order valence-corrected chi connectivity index (χ2v) is 14.7. The van der Waals surface area contributed by atoms with Crippen LogP contribution < -0.4 is 9.62 Å². The minimum atomic E-state index is -3.90. The largest absolute Gasteiger partial charge is 0.349 e. The fourth-order valence-electron chi connectivity index (χ4n) is 7.71. The van der Waals surface area contributed by atoms with Crippen molar-refractivity contribution in [1.82, 2.24) is 10.2 Å². The molecule has 0 radical (unpaired) electrons. The summed E-state index contributed by atoms with van der Waals surface area (Å²) in [5, 5.41) is 3.32. The van der Waals surface area contributed by atoms with Crippen LogP contribution in [0.3, 0.4) is 0 Å². The van der Waals surface area contributed by atoms with Gasteiger partial charge in [-0.05, 0) is 118 Å². The molecule has 3 aromatic rings. The van der Waals surface area contributed by atoms with E-state index in [1.165, 1.54) is 49.0 Å². The maximum absolute atomic E-state index is 14.4. The Kier molecular flexibility index (Phi) is 8.65. The lowest BCUT2D eigenvalue weighted by molar-refractivity contribution is -0.122. The first kappa shape index (κ1) is 29.9. The van der Waals surface area contributed by atoms with Crippen LogP contribution >= 0.6 is 0 Å². The first-order valence-corrected chi connectivity index (χ1v) is 17.5. The molecule has 6 rings (SSSR count). The Labute approximate surface area is 257 Å². The first-order valence-electron chi connectivity index (χ1n) is 16.0. The summed E-state index contributed by atoms with van der Waals surface area (Å²) in [7, 11) is -3.90. The Bertz CT molecular complexity index is 1590. The molecule has 2 aliphatic heterocycles. The van der Waals surface area contributed by atoms with Gasteiger partial charge in [-0.2, -0.15) is 0 Å². The van der Waals surface area contributed by atoms with Crippen LogP contribution in [0.5, 0.6) is 0 Å². The third-order valence-electron chi connectivity index (χ3n) is 9.56. The van der Waals surface area contributed by atoms with Crippen molar-refractivity contribution in [3.05, 3.63) is 93.5 Å². The van der Waals surface area contributed by atoms with Crippen molar-refractivity contribution in [3.8, 4) is 0 Å². The lowest BCUT2D eigenvalue weighted by atomic mass is 9.86. The van der Waals surface area contributed by atoms with E-state index >= 15 is 0 Å². The van der Waals surface area contributed by atoms with Crippen LogP contribution in [-0.4, -0.2) is 38.4 Å². The van der Waals surface area contributed by atoms with Crippen molar-refractivity contribution in [2.24, 2.45) is 0 Å². The standard InChI is InChI=1S/C36H45N3O3S/c1-25-20-26(2)36(27(3)21-25)43(41,42)39-31(16-15-29-10-5-6-13-34(29)39)23-35(40)37-33-12-9-11-30-22-28(14-17-32(30)33)24-38-18-7-4-8-19-38/h5-6,10,13-14,17,20-22,31,33H,4,7-9,11-12,15-16,18-19,23-24H2,1-3H3,(H,37,40)/t31-,33+/m0/s1. The first-order chi connectivity index (χ1) is 20.7. The minimum Gasteiger partial charge on any atom is -0.349 e. The van der Waals surface area contributed by atoms with Gasteiger partial charge >= 0.3 is 0 Å². The number of aryl methyl sites for hydroxylation is 5. The number of rotatable bonds is 7. The van der Waals surface area contributed by atoms with Gasteiger partial charge in [-0.1, -0.05) is 60.5 Å². The summed E-state index contributed by atoms with van der Waals surface area (Å²) in [4.78, 5) is 16.6. The molecular weight excluding hydrogens is 554 g/mol. The smallest absolute Gasteiger partial charge is 0.265 e. The van der Waals surface area contributed by atoms with Gasteiger partial charge in [0.25, 0.3) is 10.0 Å². The highest BCUT2D eigenvalue weighted by Gasteiger charge is 2.39. The number of para-hydroxylation sites is 1. The van der Waals surface area contributed by atoms with E-state index in [1.807, 2.05) is 57.2 Å². The van der Waals surface area contributed by atoms with Gasteiger partial charge in [-0.15, -0.1) is 0 Å². The van der Waals surface area contributed by atoms with E-state index < -0.39 is 16.1 Å². The Morgan fingerprint density at radius 1 is 0.860 bits per heavy atom. The molecule has 3 aromatic carbocycles. The summed E-state index contributed by atoms with van der Waals surface area (Å²) in [6, 6.07) is 17.9. The van der Waals surface area contributed by atoms with E-state index in [2.05, 4.69) is 28.4 Å². The fraction of sp³-hybridized carbons (Fsp3) is 0.472. The van der Waals surface area contributed by atoms with E-state index in [9.17, 15) is 13.2 Å². The molecule has 1 N–H and O–H groups in total. The van der Waals surface area contributed by atoms with Gasteiger partial charge in [-0.25, -0.2) is 8.42 Å². The summed E-state index contributed by atoms with van der Waals surface area (Å²) in [6.45, 7) is 9.07. The molecule has 0 aromatic heterocycles. The highest BCUT2D eigenvalue weighted by atomic mass is 32.2. The number of sulfonamides is 1. The number of fused-ring (bicyclic) bond motifs is 2. The molecule has 1 fully saturated rings. The van der Waals surface area contributed by atoms with Crippen LogP contribution in [0.4, 0.5) is 5.69 Å². The lowest BCUT2D eigenvalue weighted by Crippen LogP contribution is -2.47. The second-order valence-electron chi connectivity index (χ2n) is 12.9. The van der Waals surface area contributed by atoms with E-state index in [-0.39, 0.29) is 18.4 Å². The third-order valence-corrected chi connectivity index (χ3v) is 11.7. The Balaban J connectivity index is 1.22. The quantitative estimate of drug-likeness (QED) is 0.329. The molecule has 228 valence electrons. The Morgan fingerprint density at radius 3 is 2.37 bits per heavy atom. The molecule has 0 saturated carbocycles. The molecule has 0 bridgehead atoms. The SMILES string of the molecule is Cc1cc(C)c(S(=O)(=O)N2c3ccccc3CC[C@H]2CC(=O)N[C@@H]2CCCc3cc(CN4CCCCC4)ccc32)c(C)c1. The number of hydrogen-bond acceptors (Lipinski definition) is 4. The molecule has 1 amide bonds. The van der Waals surface area contributed by atoms with Crippen LogP contribution in [0, 0.1) is 20.8 Å². The molecule has 1 saturated heterocycles. The highest BCUT2D eigenvalue weighted by Crippen LogP contribution is 2.39. The molecular formula is C36H45N3O3S. The van der Waals surface area contributed by atoms with Gasteiger partial charge < -0.3 is 5.32 Å². The van der Waals surface area contributed by atoms with Crippen molar-refractivity contribution in [2.45, 2.75) is 102 Å². The lowest BCUT2D eigenvalue weighted by Gasteiger charge is -2.38. The molecule has 3 aliphatic rings. The number of likely N-dealkylation sites (tertiary alicyclic amines) is 1. The molecule has 0 spiro atoms. The summed E-state index contributed by atoms with van der Waals surface area (Å²) < 4.78 is 30.4. The number of nitrogens with zero attached hydrogens (tertiary/aromatic N) is 2. The monoisotopic (exact) mass is 599 g/mol. The van der Waals surface area contributed by atoms with Crippen LogP contribution in [0.25, 0.3) is 0 Å². The molecule has 7 heteroatoms. The maximum Gasteiger partial charge on any atom is 0.265 e. The Hall–Kier alpha value is -3.16. The summed E-state index contributed by atoms with van der Waals surface area (Å²) >= 11 is 0. The predicted octanol–water partition coefficient (Wildman–Crippen LogP) is 6.69. The number of piperidine rings is 1. The number of nitrogens with one attached hydrogen (secondary N) is 1. The summed E-state index contributed by atoms with van der Waals surface area (Å²) in [5.41, 5.74) is 8.12. The van der Waals surface area contributed by atoms with Gasteiger partial charge in [0.15, 0.2) is 0 Å². The van der Waals surface area contributed by atoms with E-state index in [0.717, 1.165) is 54.5 Å². The zero-order valence-electron chi connectivity index (χ0n) is 25.9. The van der Waals surface area contributed by atoms with Crippen molar-refractivity contribution in [3.63, 3.8) is 0 Å². The molecule has 43 heavy (non-hydrogen) atoms. The molecule has 0 unspecified atom stereocenters. The summed E-state index contributed by atoms with van der Waals surface area (Å²) in [5.74, 6) is -0.0859. The average Bonchev–Trinajstić information content (AvgIpc) is 2.96. The van der Waals surface area contributed by atoms with Gasteiger partial charge in [0, 0.05) is 13.0 Å². The number of carbonyl (C=O) groups excluding carboxylic acids is 1. The van der Waals surface area contributed by atoms with Crippen molar-refractivity contribution in [2.75, 3.05) is 17.4 Å². The zero-order chi connectivity index (χ0) is 30.1. The van der Waals surface area contributed by atoms with E-state index in [1.54, 1.807) is 4.31 Å². The minimum absolute atomic E-state index is 0.0391. The highest BCUT2D eigenvalue weighted by molar-refractivity contribution is 7.93. The second kappa shape index (κ2) is 12.4. The molecule has 1 aliphatic carbocycles. The van der Waals surface area contributed by atoms with Gasteiger partial charge in [0.1, 0.15) is 0 Å². The topological polar surface area (TPSA) is 69.7 Å². The molecule has 6 nitrogen and oxygen atoms in total. The number of anilines is 1.